The lowest BCUT2D eigenvalue weighted by Gasteiger charge is -2.19. The molecule has 0 aliphatic heterocycles. The molecule has 0 aromatic heterocycles. The van der Waals surface area contributed by atoms with Gasteiger partial charge in [0.2, 0.25) is 0 Å². The Morgan fingerprint density at radius 1 is 1.11 bits per heavy atom. The molecule has 4 nitrogen and oxygen atoms in total. The van der Waals surface area contributed by atoms with Gasteiger partial charge >= 0.3 is 7.60 Å². The Kier molecular flexibility index (Phi) is 11.0. The van der Waals surface area contributed by atoms with Crippen LogP contribution in [0.15, 0.2) is 0 Å². The van der Waals surface area contributed by atoms with Crippen molar-refractivity contribution in [2.45, 2.75) is 59.4 Å². The minimum atomic E-state index is -2.87. The molecule has 0 aromatic rings. The molecule has 0 rings (SSSR count). The molecule has 0 saturated heterocycles. The summed E-state index contributed by atoms with van der Waals surface area (Å²) in [4.78, 5) is 0. The maximum atomic E-state index is 12.2. The van der Waals surface area contributed by atoms with Crippen LogP contribution in [0, 0.1) is 0 Å². The maximum absolute atomic E-state index is 12.2. The van der Waals surface area contributed by atoms with Gasteiger partial charge in [0.15, 0.2) is 0 Å². The lowest BCUT2D eigenvalue weighted by atomic mass is 10.1. The van der Waals surface area contributed by atoms with Crippen molar-refractivity contribution in [2.24, 2.45) is 0 Å². The molecule has 0 unspecified atom stereocenters. The van der Waals surface area contributed by atoms with Crippen LogP contribution in [0.1, 0.15) is 53.4 Å². The molecular weight excluding hydrogens is 249 g/mol. The van der Waals surface area contributed by atoms with E-state index >= 15 is 0 Å². The lowest BCUT2D eigenvalue weighted by molar-refractivity contribution is 0.220. The average molecular weight is 279 g/mol. The van der Waals surface area contributed by atoms with Crippen LogP contribution in [0.3, 0.4) is 0 Å². The average Bonchev–Trinajstić information content (AvgIpc) is 2.30. The van der Waals surface area contributed by atoms with Crippen molar-refractivity contribution in [3.8, 4) is 0 Å². The fourth-order valence-electron chi connectivity index (χ4n) is 1.81. The minimum Gasteiger partial charge on any atom is -0.314 e. The molecule has 1 N–H and O–H groups in total. The van der Waals surface area contributed by atoms with Crippen molar-refractivity contribution < 1.29 is 13.6 Å². The zero-order chi connectivity index (χ0) is 13.9. The number of hydrogen-bond donors (Lipinski definition) is 1. The van der Waals surface area contributed by atoms with E-state index in [1.54, 1.807) is 0 Å². The van der Waals surface area contributed by atoms with E-state index in [-0.39, 0.29) is 0 Å². The molecule has 0 heterocycles. The topological polar surface area (TPSA) is 47.6 Å². The SMILES string of the molecule is CCCCC[C@@H](C)NCCP(=O)(OCC)OCC. The second-order valence-corrected chi connectivity index (χ2v) is 6.71. The Bertz CT molecular complexity index is 226. The molecule has 0 fully saturated rings. The molecule has 0 saturated carbocycles. The second kappa shape index (κ2) is 11.0. The van der Waals surface area contributed by atoms with Crippen LogP contribution in [-0.4, -0.2) is 32.0 Å². The van der Waals surface area contributed by atoms with Crippen molar-refractivity contribution in [2.75, 3.05) is 25.9 Å². The number of rotatable bonds is 12. The predicted octanol–water partition coefficient (Wildman–Crippen LogP) is 3.81. The normalized spacial score (nSPS) is 13.8. The van der Waals surface area contributed by atoms with E-state index in [0.717, 1.165) is 0 Å². The quantitative estimate of drug-likeness (QED) is 0.436. The van der Waals surface area contributed by atoms with Crippen molar-refractivity contribution in [1.82, 2.24) is 5.32 Å². The highest BCUT2D eigenvalue weighted by molar-refractivity contribution is 7.53. The summed E-state index contributed by atoms with van der Waals surface area (Å²) in [7, 11) is -2.87. The standard InChI is InChI=1S/C13H30NO3P/c1-5-8-9-10-13(4)14-11-12-18(15,16-6-2)17-7-3/h13-14H,5-12H2,1-4H3/t13-/m1/s1. The van der Waals surface area contributed by atoms with E-state index in [1.807, 2.05) is 13.8 Å². The summed E-state index contributed by atoms with van der Waals surface area (Å²) in [5, 5.41) is 3.38. The number of nitrogens with one attached hydrogen (secondary N) is 1. The van der Waals surface area contributed by atoms with Gasteiger partial charge in [-0.05, 0) is 27.2 Å². The summed E-state index contributed by atoms with van der Waals surface area (Å²) in [6.07, 6.45) is 5.40. The highest BCUT2D eigenvalue weighted by atomic mass is 31.2. The first-order valence-electron chi connectivity index (χ1n) is 7.19. The Morgan fingerprint density at radius 3 is 2.22 bits per heavy atom. The molecule has 0 bridgehead atoms. The Morgan fingerprint density at radius 2 is 1.72 bits per heavy atom. The largest absolute Gasteiger partial charge is 0.331 e. The highest BCUT2D eigenvalue weighted by Crippen LogP contribution is 2.47. The number of hydrogen-bond acceptors (Lipinski definition) is 4. The zero-order valence-corrected chi connectivity index (χ0v) is 13.3. The first-order chi connectivity index (χ1) is 8.58. The van der Waals surface area contributed by atoms with Crippen LogP contribution in [-0.2, 0) is 13.6 Å². The minimum absolute atomic E-state index is 0.434. The van der Waals surface area contributed by atoms with Crippen molar-refractivity contribution in [1.29, 1.82) is 0 Å². The van der Waals surface area contributed by atoms with Crippen LogP contribution >= 0.6 is 7.60 Å². The first kappa shape index (κ1) is 18.1. The molecule has 0 amide bonds. The molecule has 110 valence electrons. The van der Waals surface area contributed by atoms with Gasteiger partial charge in [0.25, 0.3) is 0 Å². The number of unbranched alkanes of at least 4 members (excludes halogenated alkanes) is 2. The van der Waals surface area contributed by atoms with Crippen molar-refractivity contribution in [3.05, 3.63) is 0 Å². The third-order valence-electron chi connectivity index (χ3n) is 2.77. The van der Waals surface area contributed by atoms with E-state index in [0.29, 0.717) is 32.0 Å². The molecule has 0 aliphatic carbocycles. The van der Waals surface area contributed by atoms with Gasteiger partial charge in [0.1, 0.15) is 0 Å². The van der Waals surface area contributed by atoms with Gasteiger partial charge in [-0.3, -0.25) is 4.57 Å². The maximum Gasteiger partial charge on any atom is 0.331 e. The molecule has 0 aliphatic rings. The molecule has 18 heavy (non-hydrogen) atoms. The molecule has 0 spiro atoms. The van der Waals surface area contributed by atoms with E-state index in [2.05, 4.69) is 19.2 Å². The Balaban J connectivity index is 3.81. The first-order valence-corrected chi connectivity index (χ1v) is 8.92. The van der Waals surface area contributed by atoms with Crippen LogP contribution in [0.25, 0.3) is 0 Å². The van der Waals surface area contributed by atoms with Gasteiger partial charge in [-0.1, -0.05) is 26.2 Å². The molecule has 1 atom stereocenters. The highest BCUT2D eigenvalue weighted by Gasteiger charge is 2.22. The van der Waals surface area contributed by atoms with Gasteiger partial charge < -0.3 is 14.4 Å². The third-order valence-corrected chi connectivity index (χ3v) is 4.85. The lowest BCUT2D eigenvalue weighted by Crippen LogP contribution is -2.29. The van der Waals surface area contributed by atoms with Crippen LogP contribution in [0.2, 0.25) is 0 Å². The summed E-state index contributed by atoms with van der Waals surface area (Å²) < 4.78 is 22.7. The van der Waals surface area contributed by atoms with Crippen LogP contribution in [0.4, 0.5) is 0 Å². The molecule has 0 aromatic carbocycles. The van der Waals surface area contributed by atoms with Crippen molar-refractivity contribution >= 4 is 7.60 Å². The molecule has 5 heteroatoms. The van der Waals surface area contributed by atoms with E-state index in [9.17, 15) is 4.57 Å². The summed E-state index contributed by atoms with van der Waals surface area (Å²) in [6.45, 7) is 9.61. The monoisotopic (exact) mass is 279 g/mol. The Labute approximate surface area is 112 Å². The van der Waals surface area contributed by atoms with Gasteiger partial charge in [0, 0.05) is 12.6 Å². The van der Waals surface area contributed by atoms with Crippen molar-refractivity contribution in [3.63, 3.8) is 0 Å². The smallest absolute Gasteiger partial charge is 0.314 e. The fraction of sp³-hybridized carbons (Fsp3) is 1.00. The predicted molar refractivity (Wildman–Crippen MR) is 77.3 cm³/mol. The van der Waals surface area contributed by atoms with Crippen LogP contribution in [0.5, 0.6) is 0 Å². The van der Waals surface area contributed by atoms with Gasteiger partial charge in [-0.15, -0.1) is 0 Å². The Hall–Kier alpha value is 0.110. The molecule has 0 radical (unpaired) electrons. The molecular formula is C13H30NO3P. The fourth-order valence-corrected chi connectivity index (χ4v) is 3.33. The second-order valence-electron chi connectivity index (χ2n) is 4.52. The zero-order valence-electron chi connectivity index (χ0n) is 12.4. The summed E-state index contributed by atoms with van der Waals surface area (Å²) in [5.41, 5.74) is 0. The van der Waals surface area contributed by atoms with E-state index in [4.69, 9.17) is 9.05 Å². The van der Waals surface area contributed by atoms with Gasteiger partial charge in [-0.2, -0.15) is 0 Å². The summed E-state index contributed by atoms with van der Waals surface area (Å²) in [5.74, 6) is 0. The van der Waals surface area contributed by atoms with Crippen LogP contribution < -0.4 is 5.32 Å². The summed E-state index contributed by atoms with van der Waals surface area (Å²) >= 11 is 0. The third kappa shape index (κ3) is 9.09. The van der Waals surface area contributed by atoms with Gasteiger partial charge in [0.05, 0.1) is 19.4 Å². The van der Waals surface area contributed by atoms with E-state index < -0.39 is 7.60 Å². The summed E-state index contributed by atoms with van der Waals surface area (Å²) in [6, 6.07) is 0.466. The van der Waals surface area contributed by atoms with Gasteiger partial charge in [-0.25, -0.2) is 0 Å². The van der Waals surface area contributed by atoms with E-state index in [1.165, 1.54) is 25.7 Å².